The molecule has 178 valence electrons. The van der Waals surface area contributed by atoms with Crippen LogP contribution >= 0.6 is 27.3 Å². The average molecular weight is 557 g/mol. The van der Waals surface area contributed by atoms with Crippen LogP contribution in [-0.4, -0.2) is 33.2 Å². The molecule has 12 heteroatoms. The maximum Gasteiger partial charge on any atom is 0.359 e. The van der Waals surface area contributed by atoms with Crippen molar-refractivity contribution < 1.29 is 19.2 Å². The highest BCUT2D eigenvalue weighted by atomic mass is 79.9. The lowest BCUT2D eigenvalue weighted by atomic mass is 10.1. The largest absolute Gasteiger partial charge is 0.461 e. The van der Waals surface area contributed by atoms with Gasteiger partial charge in [0.1, 0.15) is 5.00 Å². The van der Waals surface area contributed by atoms with E-state index in [0.29, 0.717) is 5.69 Å². The van der Waals surface area contributed by atoms with Gasteiger partial charge in [0, 0.05) is 32.4 Å². The molecule has 0 spiro atoms. The molecule has 1 N–H and O–H groups in total. The van der Waals surface area contributed by atoms with E-state index >= 15 is 0 Å². The van der Waals surface area contributed by atoms with Crippen molar-refractivity contribution in [1.82, 2.24) is 9.78 Å². The Morgan fingerprint density at radius 3 is 2.60 bits per heavy atom. The van der Waals surface area contributed by atoms with Crippen LogP contribution in [0.4, 0.5) is 10.7 Å². The van der Waals surface area contributed by atoms with Crippen LogP contribution in [-0.2, 0) is 4.74 Å². The SMILES string of the molecule is CCOC(=O)c1nn(-c2ccc(Br)cc2)c(=O)c2c(NC(=O)c3cccc([N+](=O)[O-])c3C)scc12. The molecule has 2 aromatic carbocycles. The van der Waals surface area contributed by atoms with E-state index < -0.39 is 22.4 Å². The van der Waals surface area contributed by atoms with Gasteiger partial charge in [0.2, 0.25) is 0 Å². The molecule has 4 rings (SSSR count). The van der Waals surface area contributed by atoms with Crippen LogP contribution in [0.3, 0.4) is 0 Å². The topological polar surface area (TPSA) is 133 Å². The number of halogens is 1. The first-order chi connectivity index (χ1) is 16.7. The number of rotatable bonds is 6. The third kappa shape index (κ3) is 4.57. The summed E-state index contributed by atoms with van der Waals surface area (Å²) in [5.41, 5.74) is -0.135. The van der Waals surface area contributed by atoms with Crippen LogP contribution in [0, 0.1) is 17.0 Å². The van der Waals surface area contributed by atoms with E-state index in [0.717, 1.165) is 20.5 Å². The second-order valence-electron chi connectivity index (χ2n) is 7.28. The summed E-state index contributed by atoms with van der Waals surface area (Å²) in [7, 11) is 0. The number of thiophene rings is 1. The standard InChI is InChI=1S/C23H17BrN4O6S/c1-3-34-23(31)19-16-11-35-21(25-20(29)15-5-4-6-17(12(15)2)28(32)33)18(16)22(30)27(26-19)14-9-7-13(24)8-10-14/h4-11H,3H2,1-2H3,(H,25,29). The van der Waals surface area contributed by atoms with E-state index in [4.69, 9.17) is 4.74 Å². The van der Waals surface area contributed by atoms with E-state index in [1.165, 1.54) is 30.5 Å². The van der Waals surface area contributed by atoms with Crippen LogP contribution in [0.25, 0.3) is 16.5 Å². The van der Waals surface area contributed by atoms with Gasteiger partial charge >= 0.3 is 5.97 Å². The molecule has 0 fully saturated rings. The summed E-state index contributed by atoms with van der Waals surface area (Å²) < 4.78 is 6.99. The van der Waals surface area contributed by atoms with E-state index in [1.807, 2.05) is 0 Å². The smallest absolute Gasteiger partial charge is 0.359 e. The Labute approximate surface area is 210 Å². The molecule has 0 unspecified atom stereocenters. The van der Waals surface area contributed by atoms with Crippen molar-refractivity contribution in [3.8, 4) is 5.69 Å². The van der Waals surface area contributed by atoms with Crippen molar-refractivity contribution in [2.45, 2.75) is 13.8 Å². The Hall–Kier alpha value is -3.90. The molecule has 0 saturated carbocycles. The maximum absolute atomic E-state index is 13.5. The first-order valence-corrected chi connectivity index (χ1v) is 11.9. The lowest BCUT2D eigenvalue weighted by Gasteiger charge is -2.10. The third-order valence-electron chi connectivity index (χ3n) is 5.17. The number of ether oxygens (including phenoxy) is 1. The fourth-order valence-electron chi connectivity index (χ4n) is 3.49. The number of fused-ring (bicyclic) bond motifs is 1. The van der Waals surface area contributed by atoms with Gasteiger partial charge in [0.05, 0.1) is 22.6 Å². The minimum Gasteiger partial charge on any atom is -0.461 e. The molecule has 0 aliphatic rings. The number of esters is 1. The van der Waals surface area contributed by atoms with E-state index in [-0.39, 0.29) is 44.9 Å². The van der Waals surface area contributed by atoms with Crippen molar-refractivity contribution in [2.24, 2.45) is 0 Å². The molecule has 0 aliphatic heterocycles. The quantitative estimate of drug-likeness (QED) is 0.203. The first kappa shape index (κ1) is 24.2. The van der Waals surface area contributed by atoms with Gasteiger partial charge in [-0.1, -0.05) is 22.0 Å². The average Bonchev–Trinajstić information content (AvgIpc) is 3.24. The Morgan fingerprint density at radius 1 is 1.23 bits per heavy atom. The number of anilines is 1. The Bertz CT molecular complexity index is 1540. The number of amides is 1. The molecule has 4 aromatic rings. The molecular weight excluding hydrogens is 540 g/mol. The number of nitrogens with one attached hydrogen (secondary N) is 1. The number of carbonyl (C=O) groups is 2. The van der Waals surface area contributed by atoms with Gasteiger partial charge in [-0.25, -0.2) is 4.79 Å². The number of nitro groups is 1. The van der Waals surface area contributed by atoms with Crippen LogP contribution < -0.4 is 10.9 Å². The summed E-state index contributed by atoms with van der Waals surface area (Å²) in [6.07, 6.45) is 0. The Balaban J connectivity index is 1.87. The molecule has 10 nitrogen and oxygen atoms in total. The second-order valence-corrected chi connectivity index (χ2v) is 9.07. The van der Waals surface area contributed by atoms with Crippen LogP contribution in [0.1, 0.15) is 33.3 Å². The van der Waals surface area contributed by atoms with Crippen LogP contribution in [0.15, 0.2) is 57.1 Å². The molecule has 0 atom stereocenters. The van der Waals surface area contributed by atoms with E-state index in [9.17, 15) is 24.5 Å². The van der Waals surface area contributed by atoms with Gasteiger partial charge in [-0.2, -0.15) is 9.78 Å². The van der Waals surface area contributed by atoms with Crippen LogP contribution in [0.2, 0.25) is 0 Å². The number of benzene rings is 2. The van der Waals surface area contributed by atoms with Gasteiger partial charge < -0.3 is 10.1 Å². The van der Waals surface area contributed by atoms with Gasteiger partial charge in [-0.3, -0.25) is 19.7 Å². The fraction of sp³-hybridized carbons (Fsp3) is 0.130. The second kappa shape index (κ2) is 9.76. The van der Waals surface area contributed by atoms with Gasteiger partial charge in [0.15, 0.2) is 5.69 Å². The summed E-state index contributed by atoms with van der Waals surface area (Å²) in [5.74, 6) is -1.34. The van der Waals surface area contributed by atoms with Crippen molar-refractivity contribution >= 4 is 60.6 Å². The number of hydrogen-bond donors (Lipinski definition) is 1. The van der Waals surface area contributed by atoms with Crippen LogP contribution in [0.5, 0.6) is 0 Å². The first-order valence-electron chi connectivity index (χ1n) is 10.3. The minimum atomic E-state index is -0.714. The van der Waals surface area contributed by atoms with Crippen molar-refractivity contribution in [3.05, 3.63) is 89.6 Å². The zero-order chi connectivity index (χ0) is 25.3. The molecule has 0 radical (unpaired) electrons. The predicted molar refractivity (Wildman–Crippen MR) is 135 cm³/mol. The maximum atomic E-state index is 13.5. The molecule has 0 aliphatic carbocycles. The van der Waals surface area contributed by atoms with E-state index in [2.05, 4.69) is 26.3 Å². The van der Waals surface area contributed by atoms with Gasteiger partial charge in [0.25, 0.3) is 17.2 Å². The zero-order valence-corrected chi connectivity index (χ0v) is 20.8. The monoisotopic (exact) mass is 556 g/mol. The molecule has 2 aromatic heterocycles. The number of nitro benzene ring substituents is 1. The number of hydrogen-bond acceptors (Lipinski definition) is 8. The number of aromatic nitrogens is 2. The molecule has 2 heterocycles. The summed E-state index contributed by atoms with van der Waals surface area (Å²) in [6.45, 7) is 3.24. The third-order valence-corrected chi connectivity index (χ3v) is 6.59. The number of carbonyl (C=O) groups excluding carboxylic acids is 2. The highest BCUT2D eigenvalue weighted by Crippen LogP contribution is 2.32. The molecule has 35 heavy (non-hydrogen) atoms. The van der Waals surface area contributed by atoms with E-state index in [1.54, 1.807) is 31.2 Å². The fourth-order valence-corrected chi connectivity index (χ4v) is 4.68. The summed E-state index contributed by atoms with van der Waals surface area (Å²) in [5, 5.41) is 20.2. The summed E-state index contributed by atoms with van der Waals surface area (Å²) in [4.78, 5) is 49.8. The van der Waals surface area contributed by atoms with Gasteiger partial charge in [-0.15, -0.1) is 11.3 Å². The summed E-state index contributed by atoms with van der Waals surface area (Å²) >= 11 is 4.38. The lowest BCUT2D eigenvalue weighted by Crippen LogP contribution is -2.25. The molecule has 0 saturated heterocycles. The highest BCUT2D eigenvalue weighted by Gasteiger charge is 2.24. The Morgan fingerprint density at radius 2 is 1.94 bits per heavy atom. The molecule has 0 bridgehead atoms. The summed E-state index contributed by atoms with van der Waals surface area (Å²) in [6, 6.07) is 10.9. The molecular formula is C23H17BrN4O6S. The van der Waals surface area contributed by atoms with Gasteiger partial charge in [-0.05, 0) is 44.2 Å². The van der Waals surface area contributed by atoms with Crippen molar-refractivity contribution in [2.75, 3.05) is 11.9 Å². The van der Waals surface area contributed by atoms with Crippen molar-refractivity contribution in [1.29, 1.82) is 0 Å². The predicted octanol–water partition coefficient (Wildman–Crippen LogP) is 4.86. The van der Waals surface area contributed by atoms with Crippen molar-refractivity contribution in [3.63, 3.8) is 0 Å². The zero-order valence-electron chi connectivity index (χ0n) is 18.4. The Kier molecular flexibility index (Phi) is 6.76. The lowest BCUT2D eigenvalue weighted by molar-refractivity contribution is -0.385. The normalized spacial score (nSPS) is 10.8. The highest BCUT2D eigenvalue weighted by molar-refractivity contribution is 9.10. The molecule has 1 amide bonds. The minimum absolute atomic E-state index is 0.0763. The number of nitrogens with zero attached hydrogens (tertiary/aromatic N) is 3.